The average Bonchev–Trinajstić information content (AvgIpc) is 3.04. The summed E-state index contributed by atoms with van der Waals surface area (Å²) in [4.78, 5) is 0. The SMILES string of the molecule is CSC1=C(c2ccc(C)cc2)[C@@]2(SC)S[C@@H]3C(C(C)(C)C)=C[C@H]2[C@@H]3S1. The Balaban J connectivity index is 1.86. The van der Waals surface area contributed by atoms with Gasteiger partial charge in [-0.25, -0.2) is 0 Å². The molecule has 0 unspecified atom stereocenters. The molecule has 1 aromatic carbocycles. The van der Waals surface area contributed by atoms with Gasteiger partial charge in [-0.15, -0.1) is 47.0 Å². The zero-order valence-electron chi connectivity index (χ0n) is 15.8. The molecule has 3 aliphatic rings. The zero-order chi connectivity index (χ0) is 18.0. The molecular formula is C21H26S4. The van der Waals surface area contributed by atoms with Crippen molar-refractivity contribution in [3.05, 3.63) is 51.3 Å². The summed E-state index contributed by atoms with van der Waals surface area (Å²) in [6.07, 6.45) is 7.22. The van der Waals surface area contributed by atoms with Crippen molar-refractivity contribution in [2.75, 3.05) is 12.5 Å². The van der Waals surface area contributed by atoms with Gasteiger partial charge in [-0.3, -0.25) is 0 Å². The Morgan fingerprint density at radius 2 is 1.76 bits per heavy atom. The third-order valence-corrected chi connectivity index (χ3v) is 11.8. The molecule has 25 heavy (non-hydrogen) atoms. The standard InChI is InChI=1S/C21H26S4/c1-12-7-9-13(10-8-12)16-19(22-5)24-17-15-11-14(20(2,3)4)18(17)25-21(15,16)23-6/h7-11,15,17-18H,1-6H3/t15-,17-,18+,21-/m0/s1. The van der Waals surface area contributed by atoms with Gasteiger partial charge in [0.2, 0.25) is 0 Å². The molecule has 0 aromatic heterocycles. The number of rotatable bonds is 3. The van der Waals surface area contributed by atoms with Gasteiger partial charge in [0.15, 0.2) is 0 Å². The van der Waals surface area contributed by atoms with Crippen molar-refractivity contribution in [2.24, 2.45) is 11.3 Å². The van der Waals surface area contributed by atoms with Crippen molar-refractivity contribution in [2.45, 2.75) is 42.3 Å². The molecule has 4 bridgehead atoms. The van der Waals surface area contributed by atoms with Gasteiger partial charge in [0.05, 0.1) is 4.08 Å². The molecule has 2 aliphatic heterocycles. The first kappa shape index (κ1) is 18.5. The van der Waals surface area contributed by atoms with E-state index in [1.54, 1.807) is 11.1 Å². The fraction of sp³-hybridized carbons (Fsp3) is 0.524. The minimum atomic E-state index is 0.183. The van der Waals surface area contributed by atoms with E-state index in [1.807, 2.05) is 11.8 Å². The number of thioether (sulfide) groups is 4. The van der Waals surface area contributed by atoms with E-state index in [9.17, 15) is 0 Å². The van der Waals surface area contributed by atoms with Crippen LogP contribution in [0, 0.1) is 18.3 Å². The molecule has 0 amide bonds. The lowest BCUT2D eigenvalue weighted by Gasteiger charge is -2.41. The molecule has 0 saturated carbocycles. The molecule has 1 fully saturated rings. The van der Waals surface area contributed by atoms with Crippen LogP contribution in [-0.4, -0.2) is 27.1 Å². The van der Waals surface area contributed by atoms with Crippen LogP contribution in [0.5, 0.6) is 0 Å². The van der Waals surface area contributed by atoms with Gasteiger partial charge in [-0.1, -0.05) is 62.2 Å². The van der Waals surface area contributed by atoms with Crippen molar-refractivity contribution in [3.63, 3.8) is 0 Å². The maximum absolute atomic E-state index is 2.65. The van der Waals surface area contributed by atoms with E-state index < -0.39 is 0 Å². The summed E-state index contributed by atoms with van der Waals surface area (Å²) < 4.78 is 1.72. The van der Waals surface area contributed by atoms with E-state index >= 15 is 0 Å². The van der Waals surface area contributed by atoms with Crippen LogP contribution in [0.25, 0.3) is 5.57 Å². The lowest BCUT2D eigenvalue weighted by molar-refractivity contribution is 0.494. The second-order valence-electron chi connectivity index (χ2n) is 8.12. The third-order valence-electron chi connectivity index (χ3n) is 5.55. The third kappa shape index (κ3) is 2.69. The predicted octanol–water partition coefficient (Wildman–Crippen LogP) is 6.92. The Hall–Kier alpha value is 0.1000. The van der Waals surface area contributed by atoms with Gasteiger partial charge in [0, 0.05) is 26.2 Å². The summed E-state index contributed by atoms with van der Waals surface area (Å²) in [6.45, 7) is 9.31. The number of hydrogen-bond acceptors (Lipinski definition) is 4. The van der Waals surface area contributed by atoms with Gasteiger partial charge in [-0.2, -0.15) is 0 Å². The molecule has 1 aromatic rings. The molecule has 4 rings (SSSR count). The van der Waals surface area contributed by atoms with Gasteiger partial charge in [0.25, 0.3) is 0 Å². The molecular weight excluding hydrogens is 380 g/mol. The number of allylic oxidation sites excluding steroid dienone is 1. The zero-order valence-corrected chi connectivity index (χ0v) is 19.0. The molecule has 1 aliphatic carbocycles. The summed E-state index contributed by atoms with van der Waals surface area (Å²) in [5.41, 5.74) is 6.29. The highest BCUT2D eigenvalue weighted by molar-refractivity contribution is 8.25. The van der Waals surface area contributed by atoms with Crippen LogP contribution in [0.3, 0.4) is 0 Å². The van der Waals surface area contributed by atoms with E-state index in [4.69, 9.17) is 0 Å². The molecule has 4 atom stereocenters. The van der Waals surface area contributed by atoms with Crippen LogP contribution in [0.1, 0.15) is 31.9 Å². The first-order chi connectivity index (χ1) is 11.8. The van der Waals surface area contributed by atoms with Gasteiger partial charge >= 0.3 is 0 Å². The van der Waals surface area contributed by atoms with Gasteiger partial charge in [-0.05, 0) is 30.4 Å². The maximum Gasteiger partial charge on any atom is 0.0958 e. The Bertz CT molecular complexity index is 753. The van der Waals surface area contributed by atoms with Crippen LogP contribution < -0.4 is 0 Å². The lowest BCUT2D eigenvalue weighted by atomic mass is 9.85. The van der Waals surface area contributed by atoms with Crippen LogP contribution in [0.4, 0.5) is 0 Å². The van der Waals surface area contributed by atoms with Crippen LogP contribution in [0.2, 0.25) is 0 Å². The average molecular weight is 407 g/mol. The quantitative estimate of drug-likeness (QED) is 0.499. The summed E-state index contributed by atoms with van der Waals surface area (Å²) >= 11 is 8.41. The van der Waals surface area contributed by atoms with E-state index in [-0.39, 0.29) is 9.49 Å². The molecule has 1 saturated heterocycles. The Morgan fingerprint density at radius 1 is 1.08 bits per heavy atom. The summed E-state index contributed by atoms with van der Waals surface area (Å²) in [5.74, 6) is 0.643. The Kier molecular flexibility index (Phi) is 4.67. The first-order valence-electron chi connectivity index (χ1n) is 8.79. The van der Waals surface area contributed by atoms with E-state index in [1.165, 1.54) is 15.4 Å². The number of aryl methyl sites for hydroxylation is 1. The summed E-state index contributed by atoms with van der Waals surface area (Å²) in [6, 6.07) is 9.19. The second kappa shape index (κ2) is 6.32. The van der Waals surface area contributed by atoms with Crippen molar-refractivity contribution in [1.29, 1.82) is 0 Å². The van der Waals surface area contributed by atoms with Gasteiger partial charge < -0.3 is 0 Å². The lowest BCUT2D eigenvalue weighted by Crippen LogP contribution is -2.34. The summed E-state index contributed by atoms with van der Waals surface area (Å²) in [7, 11) is 0. The molecule has 134 valence electrons. The second-order valence-corrected chi connectivity index (χ2v) is 13.1. The molecule has 0 nitrogen and oxygen atoms in total. The number of hydrogen-bond donors (Lipinski definition) is 0. The molecule has 0 radical (unpaired) electrons. The molecule has 0 N–H and O–H groups in total. The van der Waals surface area contributed by atoms with E-state index in [0.29, 0.717) is 16.4 Å². The topological polar surface area (TPSA) is 0 Å². The molecule has 0 spiro atoms. The fourth-order valence-electron chi connectivity index (χ4n) is 4.31. The van der Waals surface area contributed by atoms with Crippen molar-refractivity contribution < 1.29 is 0 Å². The van der Waals surface area contributed by atoms with Crippen molar-refractivity contribution >= 4 is 52.6 Å². The predicted molar refractivity (Wildman–Crippen MR) is 122 cm³/mol. The summed E-state index contributed by atoms with van der Waals surface area (Å²) in [5, 5.41) is 1.37. The first-order valence-corrected chi connectivity index (χ1v) is 13.0. The van der Waals surface area contributed by atoms with Crippen molar-refractivity contribution in [3.8, 4) is 0 Å². The largest absolute Gasteiger partial charge is 0.142 e. The monoisotopic (exact) mass is 406 g/mol. The molecule has 4 heteroatoms. The minimum absolute atomic E-state index is 0.183. The Morgan fingerprint density at radius 3 is 2.32 bits per heavy atom. The maximum atomic E-state index is 2.65. The highest BCUT2D eigenvalue weighted by Gasteiger charge is 2.64. The van der Waals surface area contributed by atoms with E-state index in [0.717, 1.165) is 0 Å². The minimum Gasteiger partial charge on any atom is -0.142 e. The van der Waals surface area contributed by atoms with Gasteiger partial charge in [0.1, 0.15) is 0 Å². The fourth-order valence-corrected chi connectivity index (χ4v) is 11.2. The highest BCUT2D eigenvalue weighted by Crippen LogP contribution is 2.74. The van der Waals surface area contributed by atoms with Crippen LogP contribution >= 0.6 is 47.0 Å². The molecule has 2 heterocycles. The van der Waals surface area contributed by atoms with Crippen molar-refractivity contribution in [1.82, 2.24) is 0 Å². The number of benzene rings is 1. The van der Waals surface area contributed by atoms with Crippen LogP contribution in [0.15, 0.2) is 40.2 Å². The highest BCUT2D eigenvalue weighted by atomic mass is 32.2. The van der Waals surface area contributed by atoms with Crippen LogP contribution in [-0.2, 0) is 0 Å². The normalized spacial score (nSPS) is 33.8. The smallest absolute Gasteiger partial charge is 0.0958 e. The Labute approximate surface area is 169 Å². The van der Waals surface area contributed by atoms with E-state index in [2.05, 4.69) is 106 Å².